The zero-order valence-electron chi connectivity index (χ0n) is 11.9. The normalized spacial score (nSPS) is 10.6. The number of carbonyl (C=O) groups excluding carboxylic acids is 1. The molecule has 0 aliphatic carbocycles. The average Bonchev–Trinajstić information content (AvgIpc) is 2.41. The van der Waals surface area contributed by atoms with Crippen LogP contribution in [0.15, 0.2) is 24.3 Å². The maximum atomic E-state index is 13.1. The molecule has 4 heteroatoms. The third-order valence-electron chi connectivity index (χ3n) is 3.24. The summed E-state index contributed by atoms with van der Waals surface area (Å²) < 4.78 is 13.1. The predicted octanol–water partition coefficient (Wildman–Crippen LogP) is 3.55. The summed E-state index contributed by atoms with van der Waals surface area (Å²) in [5.74, 6) is -0.269. The molecule has 0 fully saturated rings. The summed E-state index contributed by atoms with van der Waals surface area (Å²) in [6.07, 6.45) is 1.83. The van der Waals surface area contributed by atoms with Gasteiger partial charge in [-0.3, -0.25) is 0 Å². The molecule has 2 amide bonds. The first-order valence-corrected chi connectivity index (χ1v) is 6.90. The fourth-order valence-electron chi connectivity index (χ4n) is 1.94. The van der Waals surface area contributed by atoms with Crippen LogP contribution < -0.4 is 5.32 Å². The van der Waals surface area contributed by atoms with Gasteiger partial charge in [-0.15, -0.1) is 0 Å². The van der Waals surface area contributed by atoms with Crippen LogP contribution >= 0.6 is 0 Å². The van der Waals surface area contributed by atoms with E-state index in [1.165, 1.54) is 12.1 Å². The van der Waals surface area contributed by atoms with Gasteiger partial charge in [-0.25, -0.2) is 9.18 Å². The van der Waals surface area contributed by atoms with Crippen molar-refractivity contribution in [3.05, 3.63) is 35.6 Å². The molecule has 1 N–H and O–H groups in total. The summed E-state index contributed by atoms with van der Waals surface area (Å²) in [6, 6.07) is 6.49. The summed E-state index contributed by atoms with van der Waals surface area (Å²) in [7, 11) is 0. The Bertz CT molecular complexity index is 405. The van der Waals surface area contributed by atoms with Gasteiger partial charge in [-0.1, -0.05) is 26.0 Å². The molecule has 0 atom stereocenters. The maximum Gasteiger partial charge on any atom is 0.317 e. The lowest BCUT2D eigenvalue weighted by molar-refractivity contribution is 0.193. The monoisotopic (exact) mass is 266 g/mol. The number of hydrogen-bond acceptors (Lipinski definition) is 1. The summed E-state index contributed by atoms with van der Waals surface area (Å²) >= 11 is 0. The highest BCUT2D eigenvalue weighted by Crippen LogP contribution is 2.08. The van der Waals surface area contributed by atoms with Crippen LogP contribution in [0.25, 0.3) is 0 Å². The van der Waals surface area contributed by atoms with Crippen LogP contribution in [0, 0.1) is 5.82 Å². The minimum atomic E-state index is -0.269. The molecule has 0 spiro atoms. The molecule has 1 rings (SSSR count). The van der Waals surface area contributed by atoms with E-state index in [0.717, 1.165) is 18.4 Å². The first kappa shape index (κ1) is 15.5. The average molecular weight is 266 g/mol. The number of halogens is 1. The van der Waals surface area contributed by atoms with Gasteiger partial charge in [0.2, 0.25) is 0 Å². The lowest BCUT2D eigenvalue weighted by atomic mass is 10.2. The molecular formula is C15H23FN2O. The number of carbonyl (C=O) groups is 1. The van der Waals surface area contributed by atoms with Crippen molar-refractivity contribution in [2.45, 2.75) is 46.2 Å². The summed E-state index contributed by atoms with van der Waals surface area (Å²) in [5.41, 5.74) is 0.807. The molecule has 0 radical (unpaired) electrons. The Morgan fingerprint density at radius 3 is 2.53 bits per heavy atom. The molecule has 0 unspecified atom stereocenters. The van der Waals surface area contributed by atoms with Crippen molar-refractivity contribution < 1.29 is 9.18 Å². The van der Waals surface area contributed by atoms with Crippen molar-refractivity contribution in [1.82, 2.24) is 10.2 Å². The molecule has 1 aromatic carbocycles. The van der Waals surface area contributed by atoms with E-state index in [4.69, 9.17) is 0 Å². The Morgan fingerprint density at radius 1 is 1.32 bits per heavy atom. The molecule has 0 aliphatic heterocycles. The zero-order chi connectivity index (χ0) is 14.3. The molecule has 1 aromatic rings. The van der Waals surface area contributed by atoms with E-state index in [-0.39, 0.29) is 17.9 Å². The molecule has 0 heterocycles. The summed E-state index contributed by atoms with van der Waals surface area (Å²) in [5, 5.41) is 3.00. The van der Waals surface area contributed by atoms with Crippen LogP contribution in [-0.4, -0.2) is 23.5 Å². The molecule has 0 saturated carbocycles. The Morgan fingerprint density at radius 2 is 2.00 bits per heavy atom. The predicted molar refractivity (Wildman–Crippen MR) is 75.4 cm³/mol. The van der Waals surface area contributed by atoms with E-state index < -0.39 is 0 Å². The molecule has 0 aliphatic rings. The highest BCUT2D eigenvalue weighted by Gasteiger charge is 2.15. The van der Waals surface area contributed by atoms with Crippen LogP contribution in [0.3, 0.4) is 0 Å². The molecule has 3 nitrogen and oxygen atoms in total. The number of amides is 2. The van der Waals surface area contributed by atoms with Gasteiger partial charge in [0, 0.05) is 19.1 Å². The van der Waals surface area contributed by atoms with Crippen LogP contribution in [0.2, 0.25) is 0 Å². The fraction of sp³-hybridized carbons (Fsp3) is 0.533. The van der Waals surface area contributed by atoms with Crippen molar-refractivity contribution in [2.75, 3.05) is 6.54 Å². The van der Waals surface area contributed by atoms with E-state index in [1.807, 2.05) is 13.0 Å². The Balaban J connectivity index is 2.64. The molecule has 19 heavy (non-hydrogen) atoms. The summed E-state index contributed by atoms with van der Waals surface area (Å²) in [4.78, 5) is 13.8. The molecule has 0 bridgehead atoms. The second-order valence-electron chi connectivity index (χ2n) is 4.61. The van der Waals surface area contributed by atoms with E-state index >= 15 is 0 Å². The van der Waals surface area contributed by atoms with Gasteiger partial charge < -0.3 is 10.2 Å². The first-order chi connectivity index (χ1) is 9.10. The van der Waals surface area contributed by atoms with Gasteiger partial charge in [-0.2, -0.15) is 0 Å². The lowest BCUT2D eigenvalue weighted by Crippen LogP contribution is -2.44. The van der Waals surface area contributed by atoms with Gasteiger partial charge in [0.05, 0.1) is 0 Å². The van der Waals surface area contributed by atoms with Gasteiger partial charge in [0.25, 0.3) is 0 Å². The highest BCUT2D eigenvalue weighted by molar-refractivity contribution is 5.74. The number of benzene rings is 1. The Hall–Kier alpha value is -1.58. The van der Waals surface area contributed by atoms with Crippen LogP contribution in [-0.2, 0) is 6.54 Å². The first-order valence-electron chi connectivity index (χ1n) is 6.90. The Kier molecular flexibility index (Phi) is 6.33. The second kappa shape index (κ2) is 7.77. The third kappa shape index (κ3) is 4.89. The summed E-state index contributed by atoms with van der Waals surface area (Å²) in [6.45, 7) is 7.06. The SMILES string of the molecule is CCC(CC)NC(=O)N(CC)Cc1cccc(F)c1. The number of nitrogens with zero attached hydrogens (tertiary/aromatic N) is 1. The minimum Gasteiger partial charge on any atom is -0.335 e. The van der Waals surface area contributed by atoms with Crippen molar-refractivity contribution in [3.8, 4) is 0 Å². The van der Waals surface area contributed by atoms with Gasteiger partial charge >= 0.3 is 6.03 Å². The number of urea groups is 1. The molecular weight excluding hydrogens is 243 g/mol. The topological polar surface area (TPSA) is 32.3 Å². The van der Waals surface area contributed by atoms with Gasteiger partial charge in [0.15, 0.2) is 0 Å². The lowest BCUT2D eigenvalue weighted by Gasteiger charge is -2.24. The second-order valence-corrected chi connectivity index (χ2v) is 4.61. The highest BCUT2D eigenvalue weighted by atomic mass is 19.1. The maximum absolute atomic E-state index is 13.1. The van der Waals surface area contributed by atoms with Crippen LogP contribution in [0.4, 0.5) is 9.18 Å². The van der Waals surface area contributed by atoms with Crippen LogP contribution in [0.5, 0.6) is 0 Å². The Labute approximate surface area is 114 Å². The van der Waals surface area contributed by atoms with Crippen LogP contribution in [0.1, 0.15) is 39.2 Å². The molecule has 0 aromatic heterocycles. The third-order valence-corrected chi connectivity index (χ3v) is 3.24. The number of nitrogens with one attached hydrogen (secondary N) is 1. The zero-order valence-corrected chi connectivity index (χ0v) is 11.9. The van der Waals surface area contributed by atoms with Gasteiger partial charge in [0.1, 0.15) is 5.82 Å². The minimum absolute atomic E-state index is 0.0829. The molecule has 0 saturated heterocycles. The van der Waals surface area contributed by atoms with Crippen molar-refractivity contribution in [2.24, 2.45) is 0 Å². The van der Waals surface area contributed by atoms with E-state index in [1.54, 1.807) is 11.0 Å². The largest absolute Gasteiger partial charge is 0.335 e. The van der Waals surface area contributed by atoms with E-state index in [2.05, 4.69) is 19.2 Å². The van der Waals surface area contributed by atoms with Crippen molar-refractivity contribution in [3.63, 3.8) is 0 Å². The van der Waals surface area contributed by atoms with Gasteiger partial charge in [-0.05, 0) is 37.5 Å². The fourth-order valence-corrected chi connectivity index (χ4v) is 1.94. The quantitative estimate of drug-likeness (QED) is 0.839. The van der Waals surface area contributed by atoms with Crippen molar-refractivity contribution in [1.29, 1.82) is 0 Å². The number of hydrogen-bond donors (Lipinski definition) is 1. The molecule has 106 valence electrons. The van der Waals surface area contributed by atoms with E-state index in [0.29, 0.717) is 13.1 Å². The van der Waals surface area contributed by atoms with E-state index in [9.17, 15) is 9.18 Å². The van der Waals surface area contributed by atoms with Crippen molar-refractivity contribution >= 4 is 6.03 Å². The number of rotatable bonds is 6. The standard InChI is InChI=1S/C15H23FN2O/c1-4-14(5-2)17-15(19)18(6-3)11-12-8-7-9-13(16)10-12/h7-10,14H,4-6,11H2,1-3H3,(H,17,19). The smallest absolute Gasteiger partial charge is 0.317 e.